The number of alkyl halides is 3. The molecular weight excluding hydrogens is 375 g/mol. The van der Waals surface area contributed by atoms with Gasteiger partial charge in [-0.2, -0.15) is 18.3 Å². The van der Waals surface area contributed by atoms with Crippen LogP contribution in [-0.4, -0.2) is 59.8 Å². The Balaban J connectivity index is 1.51. The van der Waals surface area contributed by atoms with E-state index < -0.39 is 11.9 Å². The Labute approximate surface area is 160 Å². The largest absolute Gasteiger partial charge is 0.434 e. The first-order valence-corrected chi connectivity index (χ1v) is 9.24. The lowest BCUT2D eigenvalue weighted by atomic mass is 10.0. The summed E-state index contributed by atoms with van der Waals surface area (Å²) >= 11 is 0. The van der Waals surface area contributed by atoms with Gasteiger partial charge in [0, 0.05) is 6.21 Å². The smallest absolute Gasteiger partial charge is 0.370 e. The van der Waals surface area contributed by atoms with Crippen LogP contribution in [0.25, 0.3) is 0 Å². The number of piperidine rings is 1. The molecule has 0 amide bonds. The molecule has 1 aromatic heterocycles. The van der Waals surface area contributed by atoms with E-state index in [1.807, 2.05) is 0 Å². The van der Waals surface area contributed by atoms with Gasteiger partial charge in [0.05, 0.1) is 31.1 Å². The van der Waals surface area contributed by atoms with E-state index in [-0.39, 0.29) is 24.0 Å². The lowest BCUT2D eigenvalue weighted by molar-refractivity contribution is -0.141. The lowest BCUT2D eigenvalue weighted by Gasteiger charge is -2.29. The third-order valence-corrected chi connectivity index (χ3v) is 4.76. The minimum absolute atomic E-state index is 0.0714. The Bertz CT molecular complexity index is 696. The van der Waals surface area contributed by atoms with Gasteiger partial charge >= 0.3 is 6.18 Å². The van der Waals surface area contributed by atoms with Gasteiger partial charge in [0.25, 0.3) is 0 Å². The van der Waals surface area contributed by atoms with Gasteiger partial charge < -0.3 is 21.2 Å². The van der Waals surface area contributed by atoms with Crippen molar-refractivity contribution in [1.29, 1.82) is 0 Å². The van der Waals surface area contributed by atoms with Crippen molar-refractivity contribution < 1.29 is 17.9 Å². The molecule has 2 saturated heterocycles. The van der Waals surface area contributed by atoms with Gasteiger partial charge in [0.1, 0.15) is 17.6 Å². The number of hydrogen-bond acceptors (Lipinski definition) is 8. The molecule has 28 heavy (non-hydrogen) atoms. The number of rotatable bonds is 5. The minimum atomic E-state index is -4.53. The number of aliphatic imine (C=N–C) groups is 1. The number of nitrogens with two attached hydrogens (primary N) is 1. The summed E-state index contributed by atoms with van der Waals surface area (Å²) in [5.41, 5.74) is -0.449. The van der Waals surface area contributed by atoms with Crippen molar-refractivity contribution in [2.75, 3.05) is 25.0 Å². The number of anilines is 1. The van der Waals surface area contributed by atoms with Gasteiger partial charge in [-0.1, -0.05) is 0 Å². The highest BCUT2D eigenvalue weighted by molar-refractivity contribution is 6.32. The molecule has 11 heteroatoms. The zero-order valence-electron chi connectivity index (χ0n) is 15.3. The SMILES string of the molecule is N/N=C(\C=NC1CCNCC1)[C@@H]1CC[C@@H](Nc2cncc(C(F)(F)F)n2)CO1. The van der Waals surface area contributed by atoms with Gasteiger partial charge in [0.2, 0.25) is 0 Å². The van der Waals surface area contributed by atoms with Crippen LogP contribution < -0.4 is 16.5 Å². The molecule has 0 unspecified atom stereocenters. The van der Waals surface area contributed by atoms with E-state index >= 15 is 0 Å². The van der Waals surface area contributed by atoms with Crippen molar-refractivity contribution in [2.24, 2.45) is 15.9 Å². The average Bonchev–Trinajstić information content (AvgIpc) is 2.70. The van der Waals surface area contributed by atoms with Crippen molar-refractivity contribution in [3.63, 3.8) is 0 Å². The minimum Gasteiger partial charge on any atom is -0.370 e. The Morgan fingerprint density at radius 3 is 2.68 bits per heavy atom. The van der Waals surface area contributed by atoms with E-state index in [4.69, 9.17) is 10.6 Å². The first kappa shape index (κ1) is 20.5. The molecule has 154 valence electrons. The van der Waals surface area contributed by atoms with Crippen LogP contribution in [-0.2, 0) is 10.9 Å². The van der Waals surface area contributed by atoms with Gasteiger partial charge in [-0.25, -0.2) is 4.98 Å². The number of ether oxygens (including phenoxy) is 1. The molecule has 4 N–H and O–H groups in total. The van der Waals surface area contributed by atoms with Crippen LogP contribution in [0.1, 0.15) is 31.4 Å². The molecule has 3 rings (SSSR count). The number of nitrogens with zero attached hydrogens (tertiary/aromatic N) is 4. The zero-order valence-corrected chi connectivity index (χ0v) is 15.3. The molecule has 2 aliphatic rings. The van der Waals surface area contributed by atoms with E-state index in [1.54, 1.807) is 6.21 Å². The third-order valence-electron chi connectivity index (χ3n) is 4.76. The highest BCUT2D eigenvalue weighted by Crippen LogP contribution is 2.28. The highest BCUT2D eigenvalue weighted by Gasteiger charge is 2.33. The van der Waals surface area contributed by atoms with Crippen LogP contribution in [0.3, 0.4) is 0 Å². The molecule has 2 fully saturated rings. The Kier molecular flexibility index (Phi) is 6.79. The Morgan fingerprint density at radius 2 is 2.04 bits per heavy atom. The van der Waals surface area contributed by atoms with Crippen molar-refractivity contribution in [3.05, 3.63) is 18.1 Å². The van der Waals surface area contributed by atoms with E-state index in [0.29, 0.717) is 31.4 Å². The number of hydrazone groups is 1. The quantitative estimate of drug-likeness (QED) is 0.394. The van der Waals surface area contributed by atoms with Gasteiger partial charge in [-0.3, -0.25) is 9.98 Å². The molecule has 3 heterocycles. The van der Waals surface area contributed by atoms with Crippen LogP contribution >= 0.6 is 0 Å². The second-order valence-corrected chi connectivity index (χ2v) is 6.84. The van der Waals surface area contributed by atoms with Crippen molar-refractivity contribution >= 4 is 17.7 Å². The summed E-state index contributed by atoms with van der Waals surface area (Å²) in [6.45, 7) is 2.19. The van der Waals surface area contributed by atoms with Crippen LogP contribution in [0.5, 0.6) is 0 Å². The molecule has 2 aliphatic heterocycles. The molecule has 8 nitrogen and oxygen atoms in total. The summed E-state index contributed by atoms with van der Waals surface area (Å²) in [5, 5.41) is 10.0. The normalized spacial score (nSPS) is 25.2. The van der Waals surface area contributed by atoms with E-state index in [9.17, 15) is 13.2 Å². The first-order chi connectivity index (χ1) is 13.5. The summed E-state index contributed by atoms with van der Waals surface area (Å²) < 4.78 is 44.0. The van der Waals surface area contributed by atoms with Crippen LogP contribution in [0.2, 0.25) is 0 Å². The third kappa shape index (κ3) is 5.61. The van der Waals surface area contributed by atoms with Gasteiger partial charge in [-0.15, -0.1) is 0 Å². The molecule has 0 saturated carbocycles. The maximum Gasteiger partial charge on any atom is 0.434 e. The summed E-state index contributed by atoms with van der Waals surface area (Å²) in [7, 11) is 0. The topological polar surface area (TPSA) is 110 Å². The predicted octanol–water partition coefficient (Wildman–Crippen LogP) is 1.59. The van der Waals surface area contributed by atoms with Crippen LogP contribution in [0, 0.1) is 0 Å². The molecule has 0 aliphatic carbocycles. The molecule has 0 aromatic carbocycles. The number of aromatic nitrogens is 2. The summed E-state index contributed by atoms with van der Waals surface area (Å²) in [5.74, 6) is 5.57. The Hall–Kier alpha value is -2.27. The lowest BCUT2D eigenvalue weighted by Crippen LogP contribution is -2.39. The zero-order chi connectivity index (χ0) is 20.0. The monoisotopic (exact) mass is 399 g/mol. The second kappa shape index (κ2) is 9.28. The van der Waals surface area contributed by atoms with Crippen molar-refractivity contribution in [2.45, 2.75) is 50.0 Å². The Morgan fingerprint density at radius 1 is 1.25 bits per heavy atom. The fourth-order valence-corrected chi connectivity index (χ4v) is 3.22. The summed E-state index contributed by atoms with van der Waals surface area (Å²) in [4.78, 5) is 11.7. The number of hydrogen-bond donors (Lipinski definition) is 3. The average molecular weight is 399 g/mol. The van der Waals surface area contributed by atoms with Crippen molar-refractivity contribution in [3.8, 4) is 0 Å². The molecule has 0 spiro atoms. The maximum atomic E-state index is 12.7. The fourth-order valence-electron chi connectivity index (χ4n) is 3.22. The predicted molar refractivity (Wildman–Crippen MR) is 99.4 cm³/mol. The fraction of sp³-hybridized carbons (Fsp3) is 0.647. The highest BCUT2D eigenvalue weighted by atomic mass is 19.4. The number of nitrogens with one attached hydrogen (secondary N) is 2. The van der Waals surface area contributed by atoms with Gasteiger partial charge in [-0.05, 0) is 38.8 Å². The van der Waals surface area contributed by atoms with Gasteiger partial charge in [0.15, 0.2) is 5.69 Å². The second-order valence-electron chi connectivity index (χ2n) is 6.84. The molecule has 0 bridgehead atoms. The van der Waals surface area contributed by atoms with E-state index in [0.717, 1.165) is 25.9 Å². The molecule has 0 radical (unpaired) electrons. The molecule has 1 aromatic rings. The standard InChI is InChI=1S/C17H24F3N7O/c18-17(19,20)15-8-23-9-16(26-15)25-12-1-2-14(28-10-12)13(27-21)7-24-11-3-5-22-6-4-11/h7-9,11-12,14,22H,1-6,10,21H2,(H,25,26)/b24-7?,27-13+/t12-,14+/m1/s1. The molecule has 2 atom stereocenters. The van der Waals surface area contributed by atoms with E-state index in [2.05, 4.69) is 30.7 Å². The maximum absolute atomic E-state index is 12.7. The van der Waals surface area contributed by atoms with Crippen molar-refractivity contribution in [1.82, 2.24) is 15.3 Å². The van der Waals surface area contributed by atoms with Crippen LogP contribution in [0.15, 0.2) is 22.5 Å². The van der Waals surface area contributed by atoms with E-state index in [1.165, 1.54) is 6.20 Å². The summed E-state index contributed by atoms with van der Waals surface area (Å²) in [6.07, 6.45) is 2.09. The number of halogens is 3. The summed E-state index contributed by atoms with van der Waals surface area (Å²) in [6, 6.07) is 0.0879. The molecular formula is C17H24F3N7O. The first-order valence-electron chi connectivity index (χ1n) is 9.24. The van der Waals surface area contributed by atoms with Crippen LogP contribution in [0.4, 0.5) is 19.0 Å².